The van der Waals surface area contributed by atoms with Crippen LogP contribution in [0.3, 0.4) is 0 Å². The molecule has 3 rings (SSSR count). The molecule has 0 aromatic rings. The molecule has 3 aliphatic carbocycles. The molecule has 3 fully saturated rings. The van der Waals surface area contributed by atoms with Gasteiger partial charge >= 0.3 is 5.97 Å². The van der Waals surface area contributed by atoms with Crippen molar-refractivity contribution < 1.29 is 19.7 Å². The molecule has 4 heteroatoms. The minimum Gasteiger partial charge on any atom is -0.481 e. The highest BCUT2D eigenvalue weighted by Gasteiger charge is 2.67. The fraction of sp³-hybridized carbons (Fsp3) is 0.844. The molecule has 0 aromatic heterocycles. The van der Waals surface area contributed by atoms with E-state index in [2.05, 4.69) is 53.3 Å². The largest absolute Gasteiger partial charge is 0.481 e. The average molecular weight is 503 g/mol. The Labute approximate surface area is 221 Å². The average Bonchev–Trinajstić information content (AvgIpc) is 3.12. The van der Waals surface area contributed by atoms with Crippen molar-refractivity contribution in [3.8, 4) is 0 Å². The number of carboxylic acid groups (broad SMARTS) is 1. The lowest BCUT2D eigenvalue weighted by atomic mass is 9.38. The molecule has 0 amide bonds. The molecule has 2 N–H and O–H groups in total. The lowest BCUT2D eigenvalue weighted by molar-refractivity contribution is -0.177. The number of hydrogen-bond acceptors (Lipinski definition) is 3. The van der Waals surface area contributed by atoms with Gasteiger partial charge in [-0.05, 0) is 125 Å². The fourth-order valence-corrected chi connectivity index (χ4v) is 9.44. The van der Waals surface area contributed by atoms with E-state index in [0.717, 1.165) is 32.1 Å². The van der Waals surface area contributed by atoms with Crippen molar-refractivity contribution in [3.05, 3.63) is 24.3 Å². The van der Waals surface area contributed by atoms with Crippen molar-refractivity contribution in [2.45, 2.75) is 124 Å². The number of carboxylic acids is 1. The standard InChI is InChI=1S/C32H54O4/c1-22(2)23-15-21-31(7)26(29(23,5)18-10-12-27(33)34)14-13-24-25(16-20-30(24,31)6)32(8,35)19-11-17-28(3,4)36-9/h11,17,23-26,35H,1,10,12-16,18-21H2,2-9H3,(H,33,34)/b17-11+/t23-,24+,25+,26+,29-,30+,31+,32-/m0/s1. The Morgan fingerprint density at radius 3 is 2.31 bits per heavy atom. The zero-order chi connectivity index (χ0) is 27.2. The van der Waals surface area contributed by atoms with Crippen LogP contribution in [0.5, 0.6) is 0 Å². The third kappa shape index (κ3) is 5.10. The number of aliphatic carboxylic acids is 1. The van der Waals surface area contributed by atoms with Crippen LogP contribution in [-0.4, -0.2) is 34.5 Å². The third-order valence-corrected chi connectivity index (χ3v) is 11.7. The van der Waals surface area contributed by atoms with Crippen molar-refractivity contribution in [2.24, 2.45) is 39.9 Å². The Morgan fingerprint density at radius 1 is 1.08 bits per heavy atom. The summed E-state index contributed by atoms with van der Waals surface area (Å²) in [6.07, 6.45) is 13.7. The molecule has 8 atom stereocenters. The number of hydrogen-bond donors (Lipinski definition) is 2. The van der Waals surface area contributed by atoms with Gasteiger partial charge in [-0.1, -0.05) is 45.1 Å². The number of fused-ring (bicyclic) bond motifs is 3. The van der Waals surface area contributed by atoms with E-state index < -0.39 is 11.6 Å². The van der Waals surface area contributed by atoms with Crippen LogP contribution < -0.4 is 0 Å². The highest BCUT2D eigenvalue weighted by Crippen LogP contribution is 2.74. The summed E-state index contributed by atoms with van der Waals surface area (Å²) in [6.45, 7) is 20.2. The molecule has 0 aliphatic heterocycles. The maximum absolute atomic E-state index is 11.7. The summed E-state index contributed by atoms with van der Waals surface area (Å²) in [6, 6.07) is 0. The summed E-state index contributed by atoms with van der Waals surface area (Å²) in [4.78, 5) is 11.3. The van der Waals surface area contributed by atoms with E-state index in [4.69, 9.17) is 4.74 Å². The molecule has 0 bridgehead atoms. The molecule has 4 nitrogen and oxygen atoms in total. The van der Waals surface area contributed by atoms with Crippen molar-refractivity contribution in [3.63, 3.8) is 0 Å². The van der Waals surface area contributed by atoms with E-state index in [-0.39, 0.29) is 28.3 Å². The lowest BCUT2D eigenvalue weighted by Crippen LogP contribution is -2.60. The highest BCUT2D eigenvalue weighted by atomic mass is 16.5. The summed E-state index contributed by atoms with van der Waals surface area (Å²) in [5.41, 5.74) is 0.675. The van der Waals surface area contributed by atoms with E-state index in [0.29, 0.717) is 30.1 Å². The van der Waals surface area contributed by atoms with Crippen molar-refractivity contribution in [2.75, 3.05) is 7.11 Å². The molecular formula is C32H54O4. The summed E-state index contributed by atoms with van der Waals surface area (Å²) in [7, 11) is 1.72. The van der Waals surface area contributed by atoms with E-state index in [1.165, 1.54) is 24.8 Å². The number of aliphatic hydroxyl groups is 1. The first-order valence-corrected chi connectivity index (χ1v) is 14.4. The van der Waals surface area contributed by atoms with Crippen molar-refractivity contribution >= 4 is 5.97 Å². The molecular weight excluding hydrogens is 448 g/mol. The van der Waals surface area contributed by atoms with Crippen molar-refractivity contribution in [1.82, 2.24) is 0 Å². The Bertz CT molecular complexity index is 856. The SMILES string of the molecule is C=C(C)[C@@H]1CC[C@]2(C)[C@H](CC[C@@H]3[C@H]([C@@](C)(O)C/C=C/C(C)(C)OC)CC[C@]32C)[C@@]1(C)CCCC(=O)O. The second-order valence-electron chi connectivity index (χ2n) is 14.2. The Kier molecular flexibility index (Phi) is 8.35. The second kappa shape index (κ2) is 10.2. The molecule has 0 aromatic carbocycles. The van der Waals surface area contributed by atoms with Gasteiger partial charge in [0.15, 0.2) is 0 Å². The van der Waals surface area contributed by atoms with E-state index in [1.807, 2.05) is 13.8 Å². The maximum atomic E-state index is 11.7. The molecule has 0 spiro atoms. The van der Waals surface area contributed by atoms with Gasteiger partial charge in [-0.2, -0.15) is 0 Å². The predicted octanol–water partition coefficient (Wildman–Crippen LogP) is 7.80. The van der Waals surface area contributed by atoms with Crippen LogP contribution in [-0.2, 0) is 9.53 Å². The first-order chi connectivity index (χ1) is 16.5. The smallest absolute Gasteiger partial charge is 0.303 e. The molecule has 3 aliphatic rings. The Morgan fingerprint density at radius 2 is 1.72 bits per heavy atom. The zero-order valence-corrected chi connectivity index (χ0v) is 24.5. The summed E-state index contributed by atoms with van der Waals surface area (Å²) in [5.74, 6) is 1.14. The van der Waals surface area contributed by atoms with Gasteiger partial charge in [0.25, 0.3) is 0 Å². The minimum atomic E-state index is -0.731. The van der Waals surface area contributed by atoms with E-state index in [1.54, 1.807) is 7.11 Å². The quantitative estimate of drug-likeness (QED) is 0.299. The van der Waals surface area contributed by atoms with Gasteiger partial charge < -0.3 is 14.9 Å². The molecule has 0 radical (unpaired) electrons. The molecule has 0 unspecified atom stereocenters. The number of carbonyl (C=O) groups is 1. The topological polar surface area (TPSA) is 66.8 Å². The lowest BCUT2D eigenvalue weighted by Gasteiger charge is -2.66. The first kappa shape index (κ1) is 29.4. The molecule has 206 valence electrons. The molecule has 3 saturated carbocycles. The van der Waals surface area contributed by atoms with Crippen LogP contribution in [0.4, 0.5) is 0 Å². The predicted molar refractivity (Wildman–Crippen MR) is 148 cm³/mol. The van der Waals surface area contributed by atoms with Gasteiger partial charge in [0, 0.05) is 13.5 Å². The van der Waals surface area contributed by atoms with Crippen LogP contribution in [0.25, 0.3) is 0 Å². The number of ether oxygens (including phenoxy) is 1. The molecule has 0 saturated heterocycles. The van der Waals surface area contributed by atoms with Crippen LogP contribution >= 0.6 is 0 Å². The van der Waals surface area contributed by atoms with Gasteiger partial charge in [0.2, 0.25) is 0 Å². The van der Waals surface area contributed by atoms with E-state index in [9.17, 15) is 15.0 Å². The fourth-order valence-electron chi connectivity index (χ4n) is 9.44. The normalized spacial score (nSPS) is 40.5. The molecule has 0 heterocycles. The van der Waals surface area contributed by atoms with Crippen molar-refractivity contribution in [1.29, 1.82) is 0 Å². The highest BCUT2D eigenvalue weighted by molar-refractivity contribution is 5.66. The maximum Gasteiger partial charge on any atom is 0.303 e. The second-order valence-corrected chi connectivity index (χ2v) is 14.2. The Balaban J connectivity index is 1.88. The monoisotopic (exact) mass is 502 g/mol. The summed E-state index contributed by atoms with van der Waals surface area (Å²) >= 11 is 0. The first-order valence-electron chi connectivity index (χ1n) is 14.4. The zero-order valence-electron chi connectivity index (χ0n) is 24.5. The van der Waals surface area contributed by atoms with Crippen LogP contribution in [0.1, 0.15) is 113 Å². The van der Waals surface area contributed by atoms with Gasteiger partial charge in [0.05, 0.1) is 11.2 Å². The minimum absolute atomic E-state index is 0.0807. The van der Waals surface area contributed by atoms with Gasteiger partial charge in [-0.3, -0.25) is 4.79 Å². The number of allylic oxidation sites excluding steroid dienone is 1. The van der Waals surface area contributed by atoms with Gasteiger partial charge in [-0.25, -0.2) is 0 Å². The summed E-state index contributed by atoms with van der Waals surface area (Å²) < 4.78 is 5.53. The van der Waals surface area contributed by atoms with Crippen LogP contribution in [0, 0.1) is 39.9 Å². The molecule has 36 heavy (non-hydrogen) atoms. The van der Waals surface area contributed by atoms with Crippen LogP contribution in [0.2, 0.25) is 0 Å². The Hall–Kier alpha value is -1.13. The van der Waals surface area contributed by atoms with E-state index >= 15 is 0 Å². The number of methoxy groups -OCH3 is 1. The summed E-state index contributed by atoms with van der Waals surface area (Å²) in [5, 5.41) is 21.1. The van der Waals surface area contributed by atoms with Crippen LogP contribution in [0.15, 0.2) is 24.3 Å². The van der Waals surface area contributed by atoms with Gasteiger partial charge in [0.1, 0.15) is 0 Å². The van der Waals surface area contributed by atoms with Gasteiger partial charge in [-0.15, -0.1) is 0 Å². The third-order valence-electron chi connectivity index (χ3n) is 11.7. The number of rotatable bonds is 10.